The quantitative estimate of drug-likeness (QED) is 0.742. The Morgan fingerprint density at radius 3 is 2.95 bits per heavy atom. The van der Waals surface area contributed by atoms with Crippen LogP contribution in [0.3, 0.4) is 0 Å². The Labute approximate surface area is 124 Å². The SMILES string of the molecule is O[C@@H]1CC=C2CCCN3Cc4cc5c(cc4[C@H]1[C@@H]23)OCO5. The molecule has 0 aromatic heterocycles. The van der Waals surface area contributed by atoms with Gasteiger partial charge in [0.1, 0.15) is 0 Å². The van der Waals surface area contributed by atoms with Gasteiger partial charge in [-0.1, -0.05) is 11.6 Å². The molecule has 0 radical (unpaired) electrons. The first-order valence-electron chi connectivity index (χ1n) is 7.85. The molecule has 1 N–H and O–H groups in total. The fraction of sp³-hybridized carbons (Fsp3) is 0.529. The lowest BCUT2D eigenvalue weighted by Gasteiger charge is -2.50. The topological polar surface area (TPSA) is 41.9 Å². The third-order valence-corrected chi connectivity index (χ3v) is 5.43. The first-order valence-corrected chi connectivity index (χ1v) is 7.85. The molecular weight excluding hydrogens is 266 g/mol. The molecule has 4 heteroatoms. The van der Waals surface area contributed by atoms with Crippen molar-refractivity contribution in [2.75, 3.05) is 13.3 Å². The number of aliphatic hydroxyl groups excluding tert-OH is 1. The summed E-state index contributed by atoms with van der Waals surface area (Å²) in [6.07, 6.45) is 5.17. The van der Waals surface area contributed by atoms with Gasteiger partial charge in [0, 0.05) is 18.5 Å². The molecule has 1 fully saturated rings. The third kappa shape index (κ3) is 1.63. The normalized spacial score (nSPS) is 33.2. The second-order valence-corrected chi connectivity index (χ2v) is 6.53. The number of fused-ring (bicyclic) bond motifs is 3. The molecule has 3 aliphatic heterocycles. The Hall–Kier alpha value is -1.52. The van der Waals surface area contributed by atoms with E-state index in [1.165, 1.54) is 29.5 Å². The van der Waals surface area contributed by atoms with Gasteiger partial charge in [0.05, 0.1) is 6.10 Å². The highest BCUT2D eigenvalue weighted by molar-refractivity contribution is 5.52. The summed E-state index contributed by atoms with van der Waals surface area (Å²) in [5.41, 5.74) is 4.09. The lowest BCUT2D eigenvalue weighted by molar-refractivity contribution is 0.0535. The Morgan fingerprint density at radius 2 is 2.05 bits per heavy atom. The van der Waals surface area contributed by atoms with Crippen molar-refractivity contribution in [2.45, 2.75) is 43.9 Å². The maximum Gasteiger partial charge on any atom is 0.231 e. The Morgan fingerprint density at radius 1 is 1.19 bits per heavy atom. The molecular formula is C17H19NO3. The largest absolute Gasteiger partial charge is 0.454 e. The van der Waals surface area contributed by atoms with Gasteiger partial charge >= 0.3 is 0 Å². The van der Waals surface area contributed by atoms with E-state index >= 15 is 0 Å². The molecule has 5 rings (SSSR count). The Kier molecular flexibility index (Phi) is 2.44. The van der Waals surface area contributed by atoms with E-state index in [1.54, 1.807) is 0 Å². The van der Waals surface area contributed by atoms with Crippen LogP contribution in [0.2, 0.25) is 0 Å². The van der Waals surface area contributed by atoms with Gasteiger partial charge in [0.15, 0.2) is 11.5 Å². The van der Waals surface area contributed by atoms with Crippen molar-refractivity contribution in [3.05, 3.63) is 34.9 Å². The summed E-state index contributed by atoms with van der Waals surface area (Å²) in [5, 5.41) is 10.6. The number of nitrogens with zero attached hydrogens (tertiary/aromatic N) is 1. The molecule has 0 bridgehead atoms. The number of hydrogen-bond acceptors (Lipinski definition) is 4. The first kappa shape index (κ1) is 12.1. The van der Waals surface area contributed by atoms with Gasteiger partial charge in [-0.2, -0.15) is 0 Å². The van der Waals surface area contributed by atoms with Crippen LogP contribution in [0, 0.1) is 0 Å². The molecule has 21 heavy (non-hydrogen) atoms. The molecule has 0 spiro atoms. The summed E-state index contributed by atoms with van der Waals surface area (Å²) in [5.74, 6) is 1.87. The van der Waals surface area contributed by atoms with Crippen molar-refractivity contribution < 1.29 is 14.6 Å². The van der Waals surface area contributed by atoms with Crippen LogP contribution >= 0.6 is 0 Å². The van der Waals surface area contributed by atoms with Crippen LogP contribution in [0.15, 0.2) is 23.8 Å². The number of hydrogen-bond donors (Lipinski definition) is 1. The zero-order valence-corrected chi connectivity index (χ0v) is 11.9. The number of aliphatic hydroxyl groups is 1. The van der Waals surface area contributed by atoms with Gasteiger partial charge in [0.2, 0.25) is 6.79 Å². The average Bonchev–Trinajstić information content (AvgIpc) is 2.95. The number of piperidine rings is 1. The van der Waals surface area contributed by atoms with Crippen molar-refractivity contribution in [3.63, 3.8) is 0 Å². The van der Waals surface area contributed by atoms with Crippen LogP contribution in [-0.4, -0.2) is 35.5 Å². The van der Waals surface area contributed by atoms with E-state index in [2.05, 4.69) is 23.1 Å². The molecule has 3 atom stereocenters. The predicted octanol–water partition coefficient (Wildman–Crippen LogP) is 2.17. The molecule has 4 aliphatic rings. The zero-order chi connectivity index (χ0) is 14.0. The summed E-state index contributed by atoms with van der Waals surface area (Å²) in [4.78, 5) is 2.53. The summed E-state index contributed by atoms with van der Waals surface area (Å²) in [7, 11) is 0. The summed E-state index contributed by atoms with van der Waals surface area (Å²) in [6, 6.07) is 4.61. The second-order valence-electron chi connectivity index (χ2n) is 6.53. The third-order valence-electron chi connectivity index (χ3n) is 5.43. The summed E-state index contributed by atoms with van der Waals surface area (Å²) in [6.45, 7) is 2.39. The van der Waals surface area contributed by atoms with Crippen molar-refractivity contribution in [1.29, 1.82) is 0 Å². The smallest absolute Gasteiger partial charge is 0.231 e. The monoisotopic (exact) mass is 285 g/mol. The molecule has 0 amide bonds. The van der Waals surface area contributed by atoms with Gasteiger partial charge in [-0.15, -0.1) is 0 Å². The van der Waals surface area contributed by atoms with Crippen LogP contribution in [0.1, 0.15) is 36.3 Å². The minimum Gasteiger partial charge on any atom is -0.454 e. The number of rotatable bonds is 0. The maximum atomic E-state index is 10.6. The fourth-order valence-corrected chi connectivity index (χ4v) is 4.54. The van der Waals surface area contributed by atoms with Gasteiger partial charge in [0.25, 0.3) is 0 Å². The van der Waals surface area contributed by atoms with Crippen LogP contribution in [0.5, 0.6) is 11.5 Å². The van der Waals surface area contributed by atoms with Crippen molar-refractivity contribution >= 4 is 0 Å². The number of benzene rings is 1. The Balaban J connectivity index is 1.68. The van der Waals surface area contributed by atoms with Crippen molar-refractivity contribution in [2.24, 2.45) is 0 Å². The minimum atomic E-state index is -0.293. The van der Waals surface area contributed by atoms with E-state index in [9.17, 15) is 5.11 Å². The molecule has 1 aromatic rings. The van der Waals surface area contributed by atoms with Gasteiger partial charge in [-0.3, -0.25) is 4.90 Å². The number of ether oxygens (including phenoxy) is 2. The van der Waals surface area contributed by atoms with E-state index in [1.807, 2.05) is 0 Å². The minimum absolute atomic E-state index is 0.184. The summed E-state index contributed by atoms with van der Waals surface area (Å²) >= 11 is 0. The molecule has 1 aromatic carbocycles. The molecule has 3 heterocycles. The lowest BCUT2D eigenvalue weighted by atomic mass is 9.70. The molecule has 110 valence electrons. The van der Waals surface area contributed by atoms with Crippen molar-refractivity contribution in [1.82, 2.24) is 4.90 Å². The standard InChI is InChI=1S/C17H19NO3/c19-13-4-3-10-2-1-5-18-8-11-6-14-15(21-9-20-14)7-12(11)16(13)17(10)18/h3,6-7,13,16-17,19H,1-2,4-5,8-9H2/t13-,16-,17-/m1/s1. The highest BCUT2D eigenvalue weighted by Crippen LogP contribution is 2.48. The first-order chi connectivity index (χ1) is 10.3. The fourth-order valence-electron chi connectivity index (χ4n) is 4.54. The van der Waals surface area contributed by atoms with E-state index < -0.39 is 0 Å². The van der Waals surface area contributed by atoms with E-state index in [4.69, 9.17) is 9.47 Å². The van der Waals surface area contributed by atoms with Crippen LogP contribution < -0.4 is 9.47 Å². The van der Waals surface area contributed by atoms with Gasteiger partial charge in [-0.05, 0) is 49.1 Å². The van der Waals surface area contributed by atoms with E-state index in [0.29, 0.717) is 12.8 Å². The lowest BCUT2D eigenvalue weighted by Crippen LogP contribution is -2.52. The van der Waals surface area contributed by atoms with E-state index in [0.717, 1.165) is 31.0 Å². The maximum absolute atomic E-state index is 10.6. The summed E-state index contributed by atoms with van der Waals surface area (Å²) < 4.78 is 11.1. The average molecular weight is 285 g/mol. The molecule has 0 saturated carbocycles. The molecule has 1 aliphatic carbocycles. The van der Waals surface area contributed by atoms with Crippen LogP contribution in [-0.2, 0) is 6.54 Å². The second kappa shape index (κ2) is 4.24. The Bertz CT molecular complexity index is 639. The van der Waals surface area contributed by atoms with Crippen molar-refractivity contribution in [3.8, 4) is 11.5 Å². The highest BCUT2D eigenvalue weighted by atomic mass is 16.7. The zero-order valence-electron chi connectivity index (χ0n) is 11.9. The molecule has 0 unspecified atom stereocenters. The van der Waals surface area contributed by atoms with Gasteiger partial charge < -0.3 is 14.6 Å². The van der Waals surface area contributed by atoms with Crippen LogP contribution in [0.25, 0.3) is 0 Å². The van der Waals surface area contributed by atoms with E-state index in [-0.39, 0.29) is 12.0 Å². The predicted molar refractivity (Wildman–Crippen MR) is 77.4 cm³/mol. The molecule has 4 nitrogen and oxygen atoms in total. The van der Waals surface area contributed by atoms with Gasteiger partial charge in [-0.25, -0.2) is 0 Å². The molecule has 1 saturated heterocycles. The van der Waals surface area contributed by atoms with Crippen LogP contribution in [0.4, 0.5) is 0 Å². The highest BCUT2D eigenvalue weighted by Gasteiger charge is 2.44.